The minimum absolute atomic E-state index is 0.212. The normalized spacial score (nSPS) is 32.0. The highest BCUT2D eigenvalue weighted by Crippen LogP contribution is 2.46. The second-order valence-corrected chi connectivity index (χ2v) is 9.69. The Morgan fingerprint density at radius 2 is 1.63 bits per heavy atom. The van der Waals surface area contributed by atoms with E-state index in [-0.39, 0.29) is 5.54 Å². The standard InChI is InChI=1S/C16H30N2S/c1-14(2)9-12(10-15(3,4)11-14)17-13-18-16(5,6)7-8-19-13/h12H,7-11H2,1-6H3,(H,17,18). The number of nitrogens with one attached hydrogen (secondary N) is 1. The summed E-state index contributed by atoms with van der Waals surface area (Å²) in [5.41, 5.74) is 1.06. The Bertz CT molecular complexity index is 353. The van der Waals surface area contributed by atoms with Gasteiger partial charge < -0.3 is 5.32 Å². The van der Waals surface area contributed by atoms with Crippen molar-refractivity contribution in [3.63, 3.8) is 0 Å². The molecular formula is C16H30N2S. The summed E-state index contributed by atoms with van der Waals surface area (Å²) in [5.74, 6) is 1.19. The van der Waals surface area contributed by atoms with Crippen LogP contribution < -0.4 is 5.32 Å². The van der Waals surface area contributed by atoms with Crippen molar-refractivity contribution < 1.29 is 0 Å². The highest BCUT2D eigenvalue weighted by molar-refractivity contribution is 8.13. The van der Waals surface area contributed by atoms with E-state index < -0.39 is 0 Å². The molecule has 19 heavy (non-hydrogen) atoms. The Labute approximate surface area is 123 Å². The topological polar surface area (TPSA) is 24.4 Å². The van der Waals surface area contributed by atoms with Crippen molar-refractivity contribution in [3.05, 3.63) is 0 Å². The van der Waals surface area contributed by atoms with E-state index in [9.17, 15) is 0 Å². The van der Waals surface area contributed by atoms with Gasteiger partial charge in [-0.3, -0.25) is 4.99 Å². The summed E-state index contributed by atoms with van der Waals surface area (Å²) in [6, 6.07) is 0.489. The molecule has 0 aromatic heterocycles. The van der Waals surface area contributed by atoms with Gasteiger partial charge in [-0.2, -0.15) is 0 Å². The molecule has 2 nitrogen and oxygen atoms in total. The average molecular weight is 282 g/mol. The maximum absolute atomic E-state index is 5.05. The zero-order chi connectivity index (χ0) is 14.3. The lowest BCUT2D eigenvalue weighted by molar-refractivity contribution is 0.0996. The molecule has 1 aliphatic heterocycles. The number of rotatable bonds is 1. The molecule has 2 aliphatic rings. The number of nitrogens with zero attached hydrogens (tertiary/aromatic N) is 1. The molecule has 110 valence electrons. The molecule has 1 aliphatic carbocycles. The van der Waals surface area contributed by atoms with Gasteiger partial charge in [0.2, 0.25) is 0 Å². The Hall–Kier alpha value is -0.180. The van der Waals surface area contributed by atoms with E-state index in [0.717, 1.165) is 0 Å². The van der Waals surface area contributed by atoms with Crippen LogP contribution in [0, 0.1) is 10.8 Å². The number of hydrogen-bond donors (Lipinski definition) is 1. The number of hydrogen-bond acceptors (Lipinski definition) is 2. The predicted molar refractivity (Wildman–Crippen MR) is 86.9 cm³/mol. The van der Waals surface area contributed by atoms with Crippen LogP contribution in [-0.2, 0) is 0 Å². The molecule has 2 fully saturated rings. The first-order valence-corrected chi connectivity index (χ1v) is 8.54. The molecule has 0 unspecified atom stereocenters. The smallest absolute Gasteiger partial charge is 0.157 e. The monoisotopic (exact) mass is 282 g/mol. The summed E-state index contributed by atoms with van der Waals surface area (Å²) in [6.45, 7) is 14.1. The summed E-state index contributed by atoms with van der Waals surface area (Å²) >= 11 is 1.90. The van der Waals surface area contributed by atoms with E-state index in [2.05, 4.69) is 46.9 Å². The van der Waals surface area contributed by atoms with E-state index in [1.54, 1.807) is 0 Å². The molecule has 1 saturated heterocycles. The third-order valence-corrected chi connectivity index (χ3v) is 5.13. The quantitative estimate of drug-likeness (QED) is 0.768. The molecule has 0 aromatic rings. The molecule has 0 spiro atoms. The second-order valence-electron chi connectivity index (χ2n) is 8.61. The van der Waals surface area contributed by atoms with Crippen LogP contribution in [0.25, 0.3) is 0 Å². The van der Waals surface area contributed by atoms with Crippen molar-refractivity contribution in [2.24, 2.45) is 15.8 Å². The van der Waals surface area contributed by atoms with Crippen LogP contribution in [0.5, 0.6) is 0 Å². The average Bonchev–Trinajstić information content (AvgIpc) is 2.09. The van der Waals surface area contributed by atoms with Gasteiger partial charge in [-0.05, 0) is 50.4 Å². The van der Waals surface area contributed by atoms with Gasteiger partial charge in [0.05, 0.1) is 6.04 Å². The number of aliphatic imine (C=N–C) groups is 1. The maximum Gasteiger partial charge on any atom is 0.157 e. The Kier molecular flexibility index (Phi) is 3.99. The zero-order valence-electron chi connectivity index (χ0n) is 13.5. The molecule has 1 saturated carbocycles. The van der Waals surface area contributed by atoms with Crippen LogP contribution in [0.2, 0.25) is 0 Å². The van der Waals surface area contributed by atoms with Crippen LogP contribution in [-0.4, -0.2) is 22.5 Å². The molecule has 0 radical (unpaired) electrons. The lowest BCUT2D eigenvalue weighted by atomic mass is 9.64. The molecule has 0 amide bonds. The van der Waals surface area contributed by atoms with E-state index in [0.29, 0.717) is 16.9 Å². The Morgan fingerprint density at radius 1 is 1.05 bits per heavy atom. The van der Waals surface area contributed by atoms with E-state index in [1.807, 2.05) is 11.8 Å². The van der Waals surface area contributed by atoms with Crippen LogP contribution in [0.3, 0.4) is 0 Å². The van der Waals surface area contributed by atoms with E-state index in [4.69, 9.17) is 4.99 Å². The van der Waals surface area contributed by atoms with Gasteiger partial charge in [0.15, 0.2) is 5.17 Å². The molecule has 0 aromatic carbocycles. The Morgan fingerprint density at radius 3 is 2.16 bits per heavy atom. The highest BCUT2D eigenvalue weighted by atomic mass is 32.2. The summed E-state index contributed by atoms with van der Waals surface area (Å²) in [4.78, 5) is 5.05. The predicted octanol–water partition coefficient (Wildman–Crippen LogP) is 4.45. The van der Waals surface area contributed by atoms with Crippen molar-refractivity contribution in [2.45, 2.75) is 78.8 Å². The van der Waals surface area contributed by atoms with Crippen molar-refractivity contribution in [3.8, 4) is 0 Å². The molecule has 2 rings (SSSR count). The second kappa shape index (κ2) is 4.98. The lowest BCUT2D eigenvalue weighted by Crippen LogP contribution is -2.47. The summed E-state index contributed by atoms with van der Waals surface area (Å²) in [5, 5.41) is 4.78. The van der Waals surface area contributed by atoms with Gasteiger partial charge in [-0.15, -0.1) is 0 Å². The van der Waals surface area contributed by atoms with Crippen molar-refractivity contribution in [2.75, 3.05) is 5.75 Å². The van der Waals surface area contributed by atoms with Gasteiger partial charge in [-0.1, -0.05) is 39.5 Å². The fourth-order valence-corrected chi connectivity index (χ4v) is 5.28. The SMILES string of the molecule is CC1(C)CC(N=C2NC(C)(C)CCS2)CC(C)(C)C1. The fraction of sp³-hybridized carbons (Fsp3) is 0.938. The van der Waals surface area contributed by atoms with Gasteiger partial charge in [0.1, 0.15) is 0 Å². The zero-order valence-corrected chi connectivity index (χ0v) is 14.3. The first kappa shape index (κ1) is 15.2. The Balaban J connectivity index is 2.09. The third-order valence-electron chi connectivity index (χ3n) is 4.24. The summed E-state index contributed by atoms with van der Waals surface area (Å²) < 4.78 is 0. The van der Waals surface area contributed by atoms with E-state index >= 15 is 0 Å². The van der Waals surface area contributed by atoms with Crippen LogP contribution in [0.1, 0.15) is 67.2 Å². The highest BCUT2D eigenvalue weighted by Gasteiger charge is 2.38. The largest absolute Gasteiger partial charge is 0.360 e. The summed E-state index contributed by atoms with van der Waals surface area (Å²) in [7, 11) is 0. The molecule has 1 heterocycles. The lowest BCUT2D eigenvalue weighted by Gasteiger charge is -2.44. The summed E-state index contributed by atoms with van der Waals surface area (Å²) in [6.07, 6.45) is 4.98. The van der Waals surface area contributed by atoms with Crippen LogP contribution in [0.4, 0.5) is 0 Å². The fourth-order valence-electron chi connectivity index (χ4n) is 3.91. The molecule has 3 heteroatoms. The minimum atomic E-state index is 0.212. The maximum atomic E-state index is 5.05. The van der Waals surface area contributed by atoms with Crippen LogP contribution in [0.15, 0.2) is 4.99 Å². The third kappa shape index (κ3) is 4.40. The van der Waals surface area contributed by atoms with E-state index in [1.165, 1.54) is 36.6 Å². The van der Waals surface area contributed by atoms with Crippen LogP contribution >= 0.6 is 11.8 Å². The van der Waals surface area contributed by atoms with Gasteiger partial charge in [-0.25, -0.2) is 0 Å². The van der Waals surface area contributed by atoms with Crippen molar-refractivity contribution in [1.82, 2.24) is 5.32 Å². The van der Waals surface area contributed by atoms with Gasteiger partial charge >= 0.3 is 0 Å². The van der Waals surface area contributed by atoms with Crippen molar-refractivity contribution >= 4 is 16.9 Å². The molecular weight excluding hydrogens is 252 g/mol. The number of amidine groups is 1. The molecule has 0 atom stereocenters. The first-order chi connectivity index (χ1) is 8.57. The minimum Gasteiger partial charge on any atom is -0.360 e. The number of thioether (sulfide) groups is 1. The molecule has 1 N–H and O–H groups in total. The molecule has 0 bridgehead atoms. The van der Waals surface area contributed by atoms with Crippen molar-refractivity contribution in [1.29, 1.82) is 0 Å². The first-order valence-electron chi connectivity index (χ1n) is 7.56. The van der Waals surface area contributed by atoms with Gasteiger partial charge in [0.25, 0.3) is 0 Å². The van der Waals surface area contributed by atoms with Gasteiger partial charge in [0, 0.05) is 11.3 Å².